The van der Waals surface area contributed by atoms with Crippen LogP contribution >= 0.6 is 7.82 Å². The Bertz CT molecular complexity index is 1040. The van der Waals surface area contributed by atoms with Crippen molar-refractivity contribution in [3.63, 3.8) is 0 Å². The maximum absolute atomic E-state index is 12.7. The van der Waals surface area contributed by atoms with Crippen molar-refractivity contribution in [1.82, 2.24) is 0 Å². The maximum Gasteiger partial charge on any atom is 0.472 e. The minimum Gasteiger partial charge on any atom is -0.462 e. The van der Waals surface area contributed by atoms with E-state index in [1.807, 2.05) is 21.1 Å². The lowest BCUT2D eigenvalue weighted by molar-refractivity contribution is -0.870. The van der Waals surface area contributed by atoms with E-state index in [4.69, 9.17) is 18.5 Å². The molecule has 0 saturated carbocycles. The topological polar surface area (TPSA) is 108 Å². The fourth-order valence-corrected chi connectivity index (χ4v) is 6.60. The summed E-state index contributed by atoms with van der Waals surface area (Å²) in [6.07, 6.45) is 41.8. The van der Waals surface area contributed by atoms with E-state index in [2.05, 4.69) is 50.3 Å². The first-order valence-corrected chi connectivity index (χ1v) is 23.7. The highest BCUT2D eigenvalue weighted by molar-refractivity contribution is 7.47. The normalized spacial score (nSPS) is 13.9. The highest BCUT2D eigenvalue weighted by Crippen LogP contribution is 2.43. The van der Waals surface area contributed by atoms with Gasteiger partial charge >= 0.3 is 19.8 Å². The van der Waals surface area contributed by atoms with Crippen molar-refractivity contribution < 1.29 is 42.1 Å². The molecule has 0 amide bonds. The number of allylic oxidation sites excluding steroid dienone is 6. The fraction of sp³-hybridized carbons (Fsp3) is 0.822. The van der Waals surface area contributed by atoms with Gasteiger partial charge in [0.15, 0.2) is 6.10 Å². The number of phosphoric ester groups is 1. The Morgan fingerprint density at radius 3 is 1.49 bits per heavy atom. The van der Waals surface area contributed by atoms with E-state index in [0.29, 0.717) is 17.4 Å². The number of carbonyl (C=O) groups is 2. The van der Waals surface area contributed by atoms with Crippen molar-refractivity contribution in [2.24, 2.45) is 0 Å². The molecule has 10 heteroatoms. The maximum atomic E-state index is 12.7. The number of carbonyl (C=O) groups excluding carboxylic acids is 2. The molecule has 0 rings (SSSR count). The monoisotopic (exact) mass is 799 g/mol. The summed E-state index contributed by atoms with van der Waals surface area (Å²) in [5.41, 5.74) is 0. The molecule has 0 radical (unpaired) electrons. The summed E-state index contributed by atoms with van der Waals surface area (Å²) in [7, 11) is 1.47. The lowest BCUT2D eigenvalue weighted by Crippen LogP contribution is -2.37. The molecule has 0 bridgehead atoms. The number of phosphoric acid groups is 1. The van der Waals surface area contributed by atoms with E-state index < -0.39 is 26.5 Å². The zero-order valence-corrected chi connectivity index (χ0v) is 37.1. The summed E-state index contributed by atoms with van der Waals surface area (Å²) in [6.45, 7) is 4.37. The third-order valence-corrected chi connectivity index (χ3v) is 10.4. The molecule has 1 N–H and O–H groups in total. The molecule has 0 spiro atoms. The molecule has 0 fully saturated rings. The van der Waals surface area contributed by atoms with Crippen LogP contribution in [0.1, 0.15) is 187 Å². The second-order valence-electron chi connectivity index (χ2n) is 16.1. The van der Waals surface area contributed by atoms with Gasteiger partial charge in [0.1, 0.15) is 19.8 Å². The van der Waals surface area contributed by atoms with Crippen LogP contribution in [-0.4, -0.2) is 74.9 Å². The summed E-state index contributed by atoms with van der Waals surface area (Å²) >= 11 is 0. The number of quaternary nitrogens is 1. The largest absolute Gasteiger partial charge is 0.472 e. The highest BCUT2D eigenvalue weighted by atomic mass is 31.2. The summed E-state index contributed by atoms with van der Waals surface area (Å²) in [6, 6.07) is 0. The Hall–Kier alpha value is -1.77. The molecule has 322 valence electrons. The lowest BCUT2D eigenvalue weighted by Gasteiger charge is -2.24. The summed E-state index contributed by atoms with van der Waals surface area (Å²) in [5.74, 6) is -0.816. The Balaban J connectivity index is 4.37. The standard InChI is InChI=1S/C45H84NO8P/c1-6-8-10-12-14-16-18-20-22-23-24-26-27-29-31-33-35-37-44(47)51-41-43(42-53-55(49,50)52-40-39-46(3,4)5)54-45(48)38-36-34-32-30-28-25-21-19-17-15-13-11-9-7-2/h14,16,19-22,43H,6-13,15,17-18,23-42H2,1-5H3/p+1/b16-14-,21-19-,22-20-/t43-/m1/s1. The summed E-state index contributed by atoms with van der Waals surface area (Å²) < 4.78 is 34.3. The van der Waals surface area contributed by atoms with Gasteiger partial charge in [0.2, 0.25) is 0 Å². The van der Waals surface area contributed by atoms with Gasteiger partial charge in [-0.05, 0) is 70.6 Å². The fourth-order valence-electron chi connectivity index (χ4n) is 5.86. The number of hydrogen-bond donors (Lipinski definition) is 1. The van der Waals surface area contributed by atoms with Crippen LogP contribution in [0.15, 0.2) is 36.5 Å². The molecule has 55 heavy (non-hydrogen) atoms. The van der Waals surface area contributed by atoms with E-state index in [1.165, 1.54) is 83.5 Å². The van der Waals surface area contributed by atoms with Crippen LogP contribution < -0.4 is 0 Å². The molecule has 2 atom stereocenters. The van der Waals surface area contributed by atoms with Gasteiger partial charge in [-0.25, -0.2) is 4.57 Å². The Kier molecular flexibility index (Phi) is 36.6. The Morgan fingerprint density at radius 2 is 0.982 bits per heavy atom. The predicted octanol–water partition coefficient (Wildman–Crippen LogP) is 12.5. The van der Waals surface area contributed by atoms with Gasteiger partial charge in [0.05, 0.1) is 27.7 Å². The molecule has 0 aromatic heterocycles. The molecule has 0 aliphatic carbocycles. The zero-order valence-electron chi connectivity index (χ0n) is 36.2. The van der Waals surface area contributed by atoms with Crippen molar-refractivity contribution >= 4 is 19.8 Å². The van der Waals surface area contributed by atoms with Gasteiger partial charge in [-0.2, -0.15) is 0 Å². The molecule has 0 saturated heterocycles. The van der Waals surface area contributed by atoms with Crippen LogP contribution in [0, 0.1) is 0 Å². The minimum absolute atomic E-state index is 0.0286. The number of hydrogen-bond acceptors (Lipinski definition) is 7. The Labute approximate surface area is 338 Å². The molecule has 0 aliphatic rings. The molecule has 0 aromatic carbocycles. The van der Waals surface area contributed by atoms with E-state index in [0.717, 1.165) is 70.6 Å². The predicted molar refractivity (Wildman–Crippen MR) is 229 cm³/mol. The Morgan fingerprint density at radius 1 is 0.564 bits per heavy atom. The van der Waals surface area contributed by atoms with E-state index in [-0.39, 0.29) is 32.0 Å². The minimum atomic E-state index is -4.38. The zero-order chi connectivity index (χ0) is 40.7. The second kappa shape index (κ2) is 37.8. The number of rotatable bonds is 40. The van der Waals surface area contributed by atoms with Gasteiger partial charge in [-0.1, -0.05) is 140 Å². The van der Waals surface area contributed by atoms with Crippen molar-refractivity contribution in [3.8, 4) is 0 Å². The number of likely N-dealkylation sites (N-methyl/N-ethyl adjacent to an activating group) is 1. The van der Waals surface area contributed by atoms with Crippen LogP contribution in [-0.2, 0) is 32.7 Å². The highest BCUT2D eigenvalue weighted by Gasteiger charge is 2.27. The number of esters is 2. The summed E-state index contributed by atoms with van der Waals surface area (Å²) in [5, 5.41) is 0. The van der Waals surface area contributed by atoms with Gasteiger partial charge in [-0.15, -0.1) is 0 Å². The van der Waals surface area contributed by atoms with Gasteiger partial charge < -0.3 is 18.9 Å². The molecule has 9 nitrogen and oxygen atoms in total. The molecular formula is C45H85NO8P+. The van der Waals surface area contributed by atoms with E-state index >= 15 is 0 Å². The molecule has 1 unspecified atom stereocenters. The SMILES string of the molecule is CCCCC/C=C\C/C=C\CCCCCCCCCC(=O)OC[C@H](COP(=O)(O)OCC[N+](C)(C)C)OC(=O)CCCCCCC/C=C\CCCCCCC. The molecular weight excluding hydrogens is 713 g/mol. The quantitative estimate of drug-likeness (QED) is 0.0215. The molecule has 0 aliphatic heterocycles. The van der Waals surface area contributed by atoms with Crippen molar-refractivity contribution in [2.75, 3.05) is 47.5 Å². The van der Waals surface area contributed by atoms with Crippen LogP contribution in [0.2, 0.25) is 0 Å². The van der Waals surface area contributed by atoms with Crippen LogP contribution in [0.5, 0.6) is 0 Å². The first kappa shape index (κ1) is 53.2. The first-order chi connectivity index (χ1) is 26.5. The van der Waals surface area contributed by atoms with Gasteiger partial charge in [-0.3, -0.25) is 18.6 Å². The number of unbranched alkanes of at least 4 members (excludes halogenated alkanes) is 20. The van der Waals surface area contributed by atoms with Crippen molar-refractivity contribution in [3.05, 3.63) is 36.5 Å². The second-order valence-corrected chi connectivity index (χ2v) is 17.5. The molecule has 0 aromatic rings. The average molecular weight is 799 g/mol. The van der Waals surface area contributed by atoms with Gasteiger partial charge in [0.25, 0.3) is 0 Å². The third-order valence-electron chi connectivity index (χ3n) is 9.39. The van der Waals surface area contributed by atoms with E-state index in [1.54, 1.807) is 0 Å². The average Bonchev–Trinajstić information content (AvgIpc) is 3.13. The third kappa shape index (κ3) is 41.7. The van der Waals surface area contributed by atoms with Crippen molar-refractivity contribution in [1.29, 1.82) is 0 Å². The smallest absolute Gasteiger partial charge is 0.462 e. The lowest BCUT2D eigenvalue weighted by atomic mass is 10.1. The van der Waals surface area contributed by atoms with E-state index in [9.17, 15) is 19.0 Å². The number of nitrogens with zero attached hydrogens (tertiary/aromatic N) is 1. The van der Waals surface area contributed by atoms with Crippen molar-refractivity contribution in [2.45, 2.75) is 193 Å². The summed E-state index contributed by atoms with van der Waals surface area (Å²) in [4.78, 5) is 35.3. The van der Waals surface area contributed by atoms with Crippen LogP contribution in [0.3, 0.4) is 0 Å². The van der Waals surface area contributed by atoms with Crippen LogP contribution in [0.25, 0.3) is 0 Å². The molecule has 0 heterocycles. The first-order valence-electron chi connectivity index (χ1n) is 22.2. The van der Waals surface area contributed by atoms with Gasteiger partial charge in [0, 0.05) is 12.8 Å². The number of ether oxygens (including phenoxy) is 2. The van der Waals surface area contributed by atoms with Crippen LogP contribution in [0.4, 0.5) is 0 Å².